The molecule has 1 amide bonds. The second-order valence-electron chi connectivity index (χ2n) is 6.73. The largest absolute Gasteiger partial charge is 0.451 e. The number of rotatable bonds is 6. The van der Waals surface area contributed by atoms with E-state index in [0.717, 1.165) is 35.1 Å². The van der Waals surface area contributed by atoms with Gasteiger partial charge in [-0.1, -0.05) is 6.07 Å². The summed E-state index contributed by atoms with van der Waals surface area (Å²) in [6, 6.07) is 10.3. The van der Waals surface area contributed by atoms with Gasteiger partial charge in [-0.15, -0.1) is 11.3 Å². The van der Waals surface area contributed by atoms with Gasteiger partial charge in [-0.2, -0.15) is 4.31 Å². The number of ether oxygens (including phenoxy) is 1. The summed E-state index contributed by atoms with van der Waals surface area (Å²) < 4.78 is 32.0. The van der Waals surface area contributed by atoms with Crippen molar-refractivity contribution in [1.82, 2.24) is 9.29 Å². The lowest BCUT2D eigenvalue weighted by atomic mass is 10.2. The smallest absolute Gasteiger partial charge is 0.350 e. The van der Waals surface area contributed by atoms with E-state index in [1.807, 2.05) is 12.1 Å². The normalized spacial score (nSPS) is 14.7. The van der Waals surface area contributed by atoms with E-state index in [4.69, 9.17) is 4.74 Å². The average Bonchev–Trinajstić information content (AvgIpc) is 3.45. The van der Waals surface area contributed by atoms with Crippen LogP contribution in [0.4, 0.5) is 5.69 Å². The Labute approximate surface area is 177 Å². The maximum absolute atomic E-state index is 12.8. The van der Waals surface area contributed by atoms with Crippen molar-refractivity contribution in [3.63, 3.8) is 0 Å². The lowest BCUT2D eigenvalue weighted by Gasteiger charge is -2.15. The van der Waals surface area contributed by atoms with E-state index in [1.54, 1.807) is 24.4 Å². The number of carbonyl (C=O) groups is 2. The number of amides is 1. The van der Waals surface area contributed by atoms with Crippen LogP contribution < -0.4 is 5.32 Å². The zero-order valence-corrected chi connectivity index (χ0v) is 17.5. The Morgan fingerprint density at radius 3 is 2.73 bits per heavy atom. The van der Waals surface area contributed by atoms with E-state index in [1.165, 1.54) is 15.8 Å². The second-order valence-corrected chi connectivity index (χ2v) is 9.55. The average molecular weight is 446 g/mol. The molecule has 3 aromatic rings. The summed E-state index contributed by atoms with van der Waals surface area (Å²) in [6.45, 7) is 0.348. The molecule has 1 aromatic carbocycles. The fourth-order valence-electron chi connectivity index (χ4n) is 3.31. The minimum atomic E-state index is -3.75. The first-order chi connectivity index (χ1) is 14.5. The van der Waals surface area contributed by atoms with Crippen molar-refractivity contribution >= 4 is 49.8 Å². The Morgan fingerprint density at radius 2 is 1.93 bits per heavy atom. The molecule has 30 heavy (non-hydrogen) atoms. The van der Waals surface area contributed by atoms with Crippen molar-refractivity contribution < 1.29 is 22.7 Å². The third kappa shape index (κ3) is 4.07. The van der Waals surface area contributed by atoms with Crippen LogP contribution in [0.15, 0.2) is 52.9 Å². The van der Waals surface area contributed by atoms with Gasteiger partial charge < -0.3 is 10.1 Å². The lowest BCUT2D eigenvalue weighted by Crippen LogP contribution is -2.29. The number of hydrogen-bond acceptors (Lipinski definition) is 7. The molecule has 0 saturated carbocycles. The highest BCUT2D eigenvalue weighted by molar-refractivity contribution is 7.89. The molecule has 10 heteroatoms. The van der Waals surface area contributed by atoms with E-state index < -0.39 is 28.5 Å². The highest BCUT2D eigenvalue weighted by atomic mass is 32.2. The van der Waals surface area contributed by atoms with Crippen LogP contribution in [0.2, 0.25) is 0 Å². The highest BCUT2D eigenvalue weighted by Gasteiger charge is 2.32. The van der Waals surface area contributed by atoms with Gasteiger partial charge in [0, 0.05) is 24.7 Å². The van der Waals surface area contributed by atoms with E-state index >= 15 is 0 Å². The number of benzene rings is 1. The number of thiophene rings is 1. The molecule has 0 radical (unpaired) electrons. The lowest BCUT2D eigenvalue weighted by molar-refractivity contribution is -0.119. The first-order valence-electron chi connectivity index (χ1n) is 9.35. The Balaban J connectivity index is 1.43. The molecule has 0 unspecified atom stereocenters. The maximum atomic E-state index is 12.8. The van der Waals surface area contributed by atoms with Gasteiger partial charge in [0.25, 0.3) is 5.91 Å². The summed E-state index contributed by atoms with van der Waals surface area (Å²) in [5.41, 5.74) is 1.28. The van der Waals surface area contributed by atoms with E-state index in [9.17, 15) is 18.0 Å². The third-order valence-corrected chi connectivity index (χ3v) is 7.72. The number of sulfonamides is 1. The summed E-state index contributed by atoms with van der Waals surface area (Å²) >= 11 is 0.980. The second kappa shape index (κ2) is 8.50. The molecule has 3 heterocycles. The minimum Gasteiger partial charge on any atom is -0.451 e. The van der Waals surface area contributed by atoms with Gasteiger partial charge in [0.15, 0.2) is 6.61 Å². The van der Waals surface area contributed by atoms with Crippen LogP contribution in [-0.4, -0.2) is 49.3 Å². The summed E-state index contributed by atoms with van der Waals surface area (Å²) in [7, 11) is -3.75. The number of nitrogens with one attached hydrogen (secondary N) is 1. The molecular formula is C20H19N3O5S2. The monoisotopic (exact) mass is 445 g/mol. The van der Waals surface area contributed by atoms with Crippen LogP contribution in [0, 0.1) is 0 Å². The number of pyridine rings is 1. The number of aromatic nitrogens is 1. The molecule has 8 nitrogen and oxygen atoms in total. The van der Waals surface area contributed by atoms with Crippen LogP contribution in [0.5, 0.6) is 0 Å². The van der Waals surface area contributed by atoms with Crippen LogP contribution in [0.25, 0.3) is 10.9 Å². The van der Waals surface area contributed by atoms with Gasteiger partial charge in [-0.25, -0.2) is 13.2 Å². The zero-order chi connectivity index (χ0) is 21.1. The standard InChI is InChI=1S/C20H19N3O5S2/c24-18(22-16-7-3-6-15-14(16)5-4-9-21-15)13-28-20(25)19-17(8-12-29-19)30(26,27)23-10-1-2-11-23/h3-9,12H,1-2,10-11,13H2,(H,22,24). The third-order valence-electron chi connectivity index (χ3n) is 4.75. The van der Waals surface area contributed by atoms with Crippen LogP contribution in [0.1, 0.15) is 22.5 Å². The van der Waals surface area contributed by atoms with E-state index in [0.29, 0.717) is 18.8 Å². The van der Waals surface area contributed by atoms with E-state index in [2.05, 4.69) is 10.3 Å². The summed E-state index contributed by atoms with van der Waals surface area (Å²) in [5.74, 6) is -1.36. The fraction of sp³-hybridized carbons (Fsp3) is 0.250. The molecule has 0 spiro atoms. The molecule has 1 saturated heterocycles. The predicted molar refractivity (Wildman–Crippen MR) is 113 cm³/mol. The van der Waals surface area contributed by atoms with Crippen LogP contribution in [-0.2, 0) is 19.6 Å². The van der Waals surface area contributed by atoms with Crippen molar-refractivity contribution in [2.75, 3.05) is 25.0 Å². The molecule has 156 valence electrons. The van der Waals surface area contributed by atoms with Crippen molar-refractivity contribution in [2.45, 2.75) is 17.7 Å². The van der Waals surface area contributed by atoms with Crippen molar-refractivity contribution in [3.05, 3.63) is 52.9 Å². The van der Waals surface area contributed by atoms with Crippen molar-refractivity contribution in [1.29, 1.82) is 0 Å². The number of esters is 1. The quantitative estimate of drug-likeness (QED) is 0.585. The summed E-state index contributed by atoms with van der Waals surface area (Å²) in [5, 5.41) is 4.99. The molecular weight excluding hydrogens is 426 g/mol. The van der Waals surface area contributed by atoms with Crippen molar-refractivity contribution in [3.8, 4) is 0 Å². The first-order valence-corrected chi connectivity index (χ1v) is 11.7. The molecule has 0 aliphatic carbocycles. The van der Waals surface area contributed by atoms with Gasteiger partial charge in [0.1, 0.15) is 9.77 Å². The van der Waals surface area contributed by atoms with Crippen LogP contribution in [0.3, 0.4) is 0 Å². The Hall–Kier alpha value is -2.82. The summed E-state index contributed by atoms with van der Waals surface area (Å²) in [6.07, 6.45) is 3.25. The SMILES string of the molecule is O=C(COC(=O)c1sccc1S(=O)(=O)N1CCCC1)Nc1cccc2ncccc12. The number of anilines is 1. The van der Waals surface area contributed by atoms with Gasteiger partial charge in [-0.3, -0.25) is 9.78 Å². The van der Waals surface area contributed by atoms with E-state index in [-0.39, 0.29) is 9.77 Å². The van der Waals surface area contributed by atoms with Gasteiger partial charge in [-0.05, 0) is 48.6 Å². The molecule has 4 rings (SSSR count). The fourth-order valence-corrected chi connectivity index (χ4v) is 6.11. The molecule has 0 atom stereocenters. The predicted octanol–water partition coefficient (Wildman–Crippen LogP) is 2.88. The zero-order valence-electron chi connectivity index (χ0n) is 15.9. The number of nitrogens with zero attached hydrogens (tertiary/aromatic N) is 2. The maximum Gasteiger partial charge on any atom is 0.350 e. The topological polar surface area (TPSA) is 106 Å². The van der Waals surface area contributed by atoms with Gasteiger partial charge >= 0.3 is 5.97 Å². The number of carbonyl (C=O) groups excluding carboxylic acids is 2. The number of fused-ring (bicyclic) bond motifs is 1. The minimum absolute atomic E-state index is 0.0240. The number of hydrogen-bond donors (Lipinski definition) is 1. The molecule has 1 N–H and O–H groups in total. The van der Waals surface area contributed by atoms with Crippen LogP contribution >= 0.6 is 11.3 Å². The highest BCUT2D eigenvalue weighted by Crippen LogP contribution is 2.28. The Morgan fingerprint density at radius 1 is 1.13 bits per heavy atom. The molecule has 2 aromatic heterocycles. The molecule has 1 fully saturated rings. The summed E-state index contributed by atoms with van der Waals surface area (Å²) in [4.78, 5) is 28.9. The van der Waals surface area contributed by atoms with Gasteiger partial charge in [0.2, 0.25) is 10.0 Å². The Bertz CT molecular complexity index is 1190. The molecule has 0 bridgehead atoms. The van der Waals surface area contributed by atoms with Crippen molar-refractivity contribution in [2.24, 2.45) is 0 Å². The first kappa shape index (κ1) is 20.5. The molecule has 1 aliphatic rings. The Kier molecular flexibility index (Phi) is 5.80. The molecule has 1 aliphatic heterocycles. The van der Waals surface area contributed by atoms with Gasteiger partial charge in [0.05, 0.1) is 11.2 Å².